The number of hydrogen-bond donors (Lipinski definition) is 1. The fraction of sp³-hybridized carbons (Fsp3) is 0.625. The van der Waals surface area contributed by atoms with Crippen LogP contribution in [0.1, 0.15) is 45.6 Å². The number of benzene rings is 1. The van der Waals surface area contributed by atoms with Gasteiger partial charge in [0.05, 0.1) is 13.2 Å². The van der Waals surface area contributed by atoms with Crippen LogP contribution in [0.4, 0.5) is 0 Å². The molecule has 0 radical (unpaired) electrons. The molecule has 0 aliphatic carbocycles. The van der Waals surface area contributed by atoms with E-state index in [4.69, 9.17) is 15.2 Å². The number of nitrogens with two attached hydrogens (primary N) is 1. The molecular formula is C16H27NO2. The maximum absolute atomic E-state index is 6.08. The fourth-order valence-electron chi connectivity index (χ4n) is 2.02. The lowest BCUT2D eigenvalue weighted by Gasteiger charge is -2.20. The zero-order valence-electron chi connectivity index (χ0n) is 12.6. The number of ether oxygens (including phenoxy) is 2. The predicted octanol–water partition coefficient (Wildman–Crippen LogP) is 3.54. The average Bonchev–Trinajstić information content (AvgIpc) is 2.45. The van der Waals surface area contributed by atoms with Gasteiger partial charge in [0.1, 0.15) is 11.5 Å². The highest BCUT2D eigenvalue weighted by Gasteiger charge is 2.13. The van der Waals surface area contributed by atoms with Gasteiger partial charge in [0.15, 0.2) is 0 Å². The van der Waals surface area contributed by atoms with Crippen LogP contribution < -0.4 is 15.2 Å². The summed E-state index contributed by atoms with van der Waals surface area (Å²) in [4.78, 5) is 0. The molecule has 1 atom stereocenters. The third-order valence-electron chi connectivity index (χ3n) is 3.48. The van der Waals surface area contributed by atoms with Crippen molar-refractivity contribution in [2.45, 2.75) is 58.6 Å². The van der Waals surface area contributed by atoms with Crippen LogP contribution in [-0.4, -0.2) is 19.3 Å². The van der Waals surface area contributed by atoms with Gasteiger partial charge >= 0.3 is 0 Å². The molecule has 3 heteroatoms. The molecule has 3 nitrogen and oxygen atoms in total. The summed E-state index contributed by atoms with van der Waals surface area (Å²) < 4.78 is 11.4. The van der Waals surface area contributed by atoms with Gasteiger partial charge in [0, 0.05) is 6.04 Å². The molecular weight excluding hydrogens is 238 g/mol. The second-order valence-electron chi connectivity index (χ2n) is 4.90. The zero-order valence-corrected chi connectivity index (χ0v) is 12.6. The van der Waals surface area contributed by atoms with Gasteiger partial charge in [-0.15, -0.1) is 0 Å². The second kappa shape index (κ2) is 8.05. The van der Waals surface area contributed by atoms with Crippen LogP contribution in [0.5, 0.6) is 11.5 Å². The van der Waals surface area contributed by atoms with E-state index < -0.39 is 0 Å². The highest BCUT2D eigenvalue weighted by Crippen LogP contribution is 2.27. The van der Waals surface area contributed by atoms with Crippen molar-refractivity contribution in [3.05, 3.63) is 23.8 Å². The smallest absolute Gasteiger partial charge is 0.123 e. The lowest BCUT2D eigenvalue weighted by molar-refractivity contribution is 0.190. The Bertz CT molecular complexity index is 375. The van der Waals surface area contributed by atoms with Crippen molar-refractivity contribution in [1.29, 1.82) is 0 Å². The predicted molar refractivity (Wildman–Crippen MR) is 80.0 cm³/mol. The molecule has 0 aliphatic heterocycles. The molecule has 0 spiro atoms. The first kappa shape index (κ1) is 15.8. The largest absolute Gasteiger partial charge is 0.497 e. The Kier molecular flexibility index (Phi) is 6.71. The minimum absolute atomic E-state index is 0.163. The molecule has 1 unspecified atom stereocenters. The SMILES string of the molecule is CCC(N)Cc1cc(OC)ccc1OC(CC)CC. The van der Waals surface area contributed by atoms with Gasteiger partial charge in [-0.1, -0.05) is 20.8 Å². The molecule has 0 saturated heterocycles. The molecule has 1 rings (SSSR count). The molecule has 0 fully saturated rings. The Balaban J connectivity index is 2.94. The Morgan fingerprint density at radius 2 is 1.79 bits per heavy atom. The normalized spacial score (nSPS) is 12.5. The molecule has 1 aromatic rings. The van der Waals surface area contributed by atoms with Crippen molar-refractivity contribution >= 4 is 0 Å². The van der Waals surface area contributed by atoms with E-state index in [2.05, 4.69) is 20.8 Å². The summed E-state index contributed by atoms with van der Waals surface area (Å²) in [6, 6.07) is 6.14. The van der Waals surface area contributed by atoms with E-state index in [1.807, 2.05) is 18.2 Å². The standard InChI is InChI=1S/C16H27NO2/c1-5-13(17)10-12-11-15(18-4)8-9-16(12)19-14(6-2)7-3/h8-9,11,13-14H,5-7,10,17H2,1-4H3. The number of hydrogen-bond acceptors (Lipinski definition) is 3. The molecule has 0 saturated carbocycles. The third-order valence-corrected chi connectivity index (χ3v) is 3.48. The molecule has 0 amide bonds. The maximum Gasteiger partial charge on any atom is 0.123 e. The number of methoxy groups -OCH3 is 1. The van der Waals surface area contributed by atoms with Crippen LogP contribution in [0.2, 0.25) is 0 Å². The minimum Gasteiger partial charge on any atom is -0.497 e. The molecule has 0 aliphatic rings. The van der Waals surface area contributed by atoms with Crippen LogP contribution >= 0.6 is 0 Å². The van der Waals surface area contributed by atoms with E-state index >= 15 is 0 Å². The maximum atomic E-state index is 6.08. The summed E-state index contributed by atoms with van der Waals surface area (Å²) in [6.07, 6.45) is 4.08. The summed E-state index contributed by atoms with van der Waals surface area (Å²) in [6.45, 7) is 6.40. The molecule has 0 bridgehead atoms. The second-order valence-corrected chi connectivity index (χ2v) is 4.90. The van der Waals surface area contributed by atoms with Gasteiger partial charge < -0.3 is 15.2 Å². The Morgan fingerprint density at radius 1 is 1.11 bits per heavy atom. The Hall–Kier alpha value is -1.22. The third kappa shape index (κ3) is 4.75. The lowest BCUT2D eigenvalue weighted by atomic mass is 10.0. The van der Waals surface area contributed by atoms with Crippen LogP contribution in [0.25, 0.3) is 0 Å². The van der Waals surface area contributed by atoms with Crippen LogP contribution in [-0.2, 0) is 6.42 Å². The van der Waals surface area contributed by atoms with Crippen molar-refractivity contribution < 1.29 is 9.47 Å². The molecule has 1 aromatic carbocycles. The van der Waals surface area contributed by atoms with Gasteiger partial charge in [0.25, 0.3) is 0 Å². The minimum atomic E-state index is 0.163. The summed E-state index contributed by atoms with van der Waals surface area (Å²) in [5, 5.41) is 0. The molecule has 0 heterocycles. The average molecular weight is 265 g/mol. The Labute approximate surface area is 117 Å². The summed E-state index contributed by atoms with van der Waals surface area (Å²) in [7, 11) is 1.68. The van der Waals surface area contributed by atoms with Crippen molar-refractivity contribution in [2.75, 3.05) is 7.11 Å². The zero-order chi connectivity index (χ0) is 14.3. The first-order valence-electron chi connectivity index (χ1n) is 7.23. The molecule has 108 valence electrons. The monoisotopic (exact) mass is 265 g/mol. The summed E-state index contributed by atoms with van der Waals surface area (Å²) in [5.41, 5.74) is 7.20. The van der Waals surface area contributed by atoms with E-state index in [0.717, 1.165) is 42.7 Å². The van der Waals surface area contributed by atoms with Crippen LogP contribution in [0, 0.1) is 0 Å². The van der Waals surface area contributed by atoms with Gasteiger partial charge in [-0.25, -0.2) is 0 Å². The van der Waals surface area contributed by atoms with Crippen molar-refractivity contribution in [2.24, 2.45) is 5.73 Å². The first-order valence-corrected chi connectivity index (χ1v) is 7.23. The van der Waals surface area contributed by atoms with Gasteiger partial charge in [-0.3, -0.25) is 0 Å². The quantitative estimate of drug-likeness (QED) is 0.782. The van der Waals surface area contributed by atoms with E-state index in [0.29, 0.717) is 0 Å². The van der Waals surface area contributed by atoms with Crippen molar-refractivity contribution in [3.63, 3.8) is 0 Å². The Morgan fingerprint density at radius 3 is 2.32 bits per heavy atom. The van der Waals surface area contributed by atoms with Gasteiger partial charge in [-0.05, 0) is 49.4 Å². The van der Waals surface area contributed by atoms with Crippen molar-refractivity contribution in [3.8, 4) is 11.5 Å². The van der Waals surface area contributed by atoms with E-state index in [-0.39, 0.29) is 12.1 Å². The van der Waals surface area contributed by atoms with E-state index in [1.54, 1.807) is 7.11 Å². The topological polar surface area (TPSA) is 44.5 Å². The molecule has 2 N–H and O–H groups in total. The van der Waals surface area contributed by atoms with Crippen LogP contribution in [0.15, 0.2) is 18.2 Å². The van der Waals surface area contributed by atoms with Crippen LogP contribution in [0.3, 0.4) is 0 Å². The van der Waals surface area contributed by atoms with Gasteiger partial charge in [-0.2, -0.15) is 0 Å². The summed E-state index contributed by atoms with van der Waals surface area (Å²) >= 11 is 0. The number of rotatable bonds is 8. The molecule has 19 heavy (non-hydrogen) atoms. The fourth-order valence-corrected chi connectivity index (χ4v) is 2.02. The first-order chi connectivity index (χ1) is 9.14. The highest BCUT2D eigenvalue weighted by molar-refractivity contribution is 5.41. The highest BCUT2D eigenvalue weighted by atomic mass is 16.5. The van der Waals surface area contributed by atoms with E-state index in [9.17, 15) is 0 Å². The van der Waals surface area contributed by atoms with E-state index in [1.165, 1.54) is 0 Å². The lowest BCUT2D eigenvalue weighted by Crippen LogP contribution is -2.22. The van der Waals surface area contributed by atoms with Gasteiger partial charge in [0.2, 0.25) is 0 Å². The van der Waals surface area contributed by atoms with Crippen molar-refractivity contribution in [1.82, 2.24) is 0 Å². The molecule has 0 aromatic heterocycles. The summed E-state index contributed by atoms with van der Waals surface area (Å²) in [5.74, 6) is 1.80.